The van der Waals surface area contributed by atoms with Gasteiger partial charge in [0.05, 0.1) is 6.10 Å². The van der Waals surface area contributed by atoms with Crippen molar-refractivity contribution in [1.82, 2.24) is 0 Å². The molecule has 1 aliphatic heterocycles. The molecule has 1 heterocycles. The van der Waals surface area contributed by atoms with E-state index in [2.05, 4.69) is 0 Å². The van der Waals surface area contributed by atoms with Crippen LogP contribution >= 0.6 is 11.6 Å². The summed E-state index contributed by atoms with van der Waals surface area (Å²) in [5.41, 5.74) is 6.14. The normalized spacial score (nSPS) is 25.7. The highest BCUT2D eigenvalue weighted by atomic mass is 35.5. The Morgan fingerprint density at radius 2 is 2.31 bits per heavy atom. The monoisotopic (exact) mass is 243 g/mol. The lowest BCUT2D eigenvalue weighted by atomic mass is 9.89. The maximum atomic E-state index is 13.7. The Bertz CT molecular complexity index is 352. The average Bonchev–Trinajstić information content (AvgIpc) is 2.29. The zero-order chi connectivity index (χ0) is 11.5. The Labute approximate surface area is 99.5 Å². The summed E-state index contributed by atoms with van der Waals surface area (Å²) in [6, 6.07) is 4.69. The number of nitrogens with two attached hydrogens (primary N) is 1. The molecule has 4 heteroatoms. The van der Waals surface area contributed by atoms with Gasteiger partial charge in [0.2, 0.25) is 0 Å². The minimum atomic E-state index is -0.308. The molecule has 0 spiro atoms. The molecule has 0 amide bonds. The molecular formula is C12H15ClFNO. The zero-order valence-electron chi connectivity index (χ0n) is 8.96. The van der Waals surface area contributed by atoms with Crippen LogP contribution in [0.3, 0.4) is 0 Å². The molecule has 0 aromatic heterocycles. The molecule has 1 aromatic rings. The molecule has 2 rings (SSSR count). The second kappa shape index (κ2) is 5.13. The molecule has 2 nitrogen and oxygen atoms in total. The third kappa shape index (κ3) is 2.21. The van der Waals surface area contributed by atoms with E-state index in [0.717, 1.165) is 12.8 Å². The van der Waals surface area contributed by atoms with E-state index in [1.54, 1.807) is 12.1 Å². The number of hydrogen-bond acceptors (Lipinski definition) is 2. The van der Waals surface area contributed by atoms with Gasteiger partial charge in [0.15, 0.2) is 0 Å². The second-order valence-electron chi connectivity index (χ2n) is 4.06. The van der Waals surface area contributed by atoms with Crippen molar-refractivity contribution < 1.29 is 9.13 Å². The van der Waals surface area contributed by atoms with Gasteiger partial charge in [-0.25, -0.2) is 4.39 Å². The van der Waals surface area contributed by atoms with E-state index in [0.29, 0.717) is 23.7 Å². The molecule has 2 N–H and O–H groups in total. The van der Waals surface area contributed by atoms with E-state index < -0.39 is 0 Å². The van der Waals surface area contributed by atoms with Gasteiger partial charge in [-0.15, -0.1) is 0 Å². The van der Waals surface area contributed by atoms with Crippen molar-refractivity contribution in [2.24, 2.45) is 11.7 Å². The van der Waals surface area contributed by atoms with Gasteiger partial charge in [-0.2, -0.15) is 0 Å². The standard InChI is InChI=1S/C12H15ClFNO/c13-9-4-1-5-10(14)11(9)12-8(7-15)3-2-6-16-12/h1,4-5,8,12H,2-3,6-7,15H2. The molecule has 16 heavy (non-hydrogen) atoms. The van der Waals surface area contributed by atoms with Crippen LogP contribution in [0.4, 0.5) is 4.39 Å². The fourth-order valence-corrected chi connectivity index (χ4v) is 2.46. The summed E-state index contributed by atoms with van der Waals surface area (Å²) >= 11 is 6.02. The van der Waals surface area contributed by atoms with Gasteiger partial charge < -0.3 is 10.5 Å². The fourth-order valence-electron chi connectivity index (χ4n) is 2.19. The van der Waals surface area contributed by atoms with Crippen LogP contribution in [0.1, 0.15) is 24.5 Å². The van der Waals surface area contributed by atoms with Gasteiger partial charge >= 0.3 is 0 Å². The van der Waals surface area contributed by atoms with Crippen LogP contribution < -0.4 is 5.73 Å². The van der Waals surface area contributed by atoms with Gasteiger partial charge in [0.1, 0.15) is 5.82 Å². The van der Waals surface area contributed by atoms with Crippen LogP contribution in [-0.2, 0) is 4.74 Å². The van der Waals surface area contributed by atoms with Crippen LogP contribution in [0.15, 0.2) is 18.2 Å². The lowest BCUT2D eigenvalue weighted by Crippen LogP contribution is -2.29. The number of hydrogen-bond donors (Lipinski definition) is 1. The van der Waals surface area contributed by atoms with Crippen molar-refractivity contribution in [3.8, 4) is 0 Å². The lowest BCUT2D eigenvalue weighted by Gasteiger charge is -2.31. The van der Waals surface area contributed by atoms with E-state index in [-0.39, 0.29) is 17.8 Å². The summed E-state index contributed by atoms with van der Waals surface area (Å²) in [6.45, 7) is 1.14. The predicted molar refractivity (Wildman–Crippen MR) is 61.9 cm³/mol. The number of ether oxygens (including phenoxy) is 1. The van der Waals surface area contributed by atoms with E-state index in [1.807, 2.05) is 0 Å². The first-order valence-corrected chi connectivity index (χ1v) is 5.87. The SMILES string of the molecule is NCC1CCCOC1c1c(F)cccc1Cl. The lowest BCUT2D eigenvalue weighted by molar-refractivity contribution is -0.0270. The molecule has 2 atom stereocenters. The molecule has 2 unspecified atom stereocenters. The highest BCUT2D eigenvalue weighted by molar-refractivity contribution is 6.31. The van der Waals surface area contributed by atoms with Crippen LogP contribution in [0.2, 0.25) is 5.02 Å². The third-order valence-electron chi connectivity index (χ3n) is 3.03. The molecule has 0 bridgehead atoms. The summed E-state index contributed by atoms with van der Waals surface area (Å²) in [4.78, 5) is 0. The van der Waals surface area contributed by atoms with Gasteiger partial charge in [-0.05, 0) is 31.5 Å². The molecule has 0 radical (unpaired) electrons. The van der Waals surface area contributed by atoms with Crippen LogP contribution in [0.25, 0.3) is 0 Å². The molecule has 1 aliphatic rings. The van der Waals surface area contributed by atoms with Crippen molar-refractivity contribution >= 4 is 11.6 Å². The summed E-state index contributed by atoms with van der Waals surface area (Å²) in [6.07, 6.45) is 1.64. The molecule has 88 valence electrons. The van der Waals surface area contributed by atoms with Crippen molar-refractivity contribution in [2.75, 3.05) is 13.2 Å². The van der Waals surface area contributed by atoms with Crippen LogP contribution in [0, 0.1) is 11.7 Å². The Morgan fingerprint density at radius 1 is 1.50 bits per heavy atom. The zero-order valence-corrected chi connectivity index (χ0v) is 9.71. The van der Waals surface area contributed by atoms with Gasteiger partial charge in [-0.1, -0.05) is 17.7 Å². The smallest absolute Gasteiger partial charge is 0.130 e. The van der Waals surface area contributed by atoms with E-state index in [1.165, 1.54) is 6.07 Å². The Hall–Kier alpha value is -0.640. The predicted octanol–water partition coefficient (Wildman–Crippen LogP) is 2.91. The minimum Gasteiger partial charge on any atom is -0.373 e. The summed E-state index contributed by atoms with van der Waals surface area (Å²) < 4.78 is 19.4. The van der Waals surface area contributed by atoms with Crippen LogP contribution in [0.5, 0.6) is 0 Å². The molecular weight excluding hydrogens is 229 g/mol. The number of rotatable bonds is 2. The van der Waals surface area contributed by atoms with Crippen molar-refractivity contribution in [1.29, 1.82) is 0 Å². The Kier molecular flexibility index (Phi) is 3.79. The Balaban J connectivity index is 2.34. The largest absolute Gasteiger partial charge is 0.373 e. The van der Waals surface area contributed by atoms with E-state index in [4.69, 9.17) is 22.1 Å². The van der Waals surface area contributed by atoms with Gasteiger partial charge in [-0.3, -0.25) is 0 Å². The fraction of sp³-hybridized carbons (Fsp3) is 0.500. The minimum absolute atomic E-state index is 0.156. The van der Waals surface area contributed by atoms with Crippen LogP contribution in [-0.4, -0.2) is 13.2 Å². The molecule has 1 fully saturated rings. The topological polar surface area (TPSA) is 35.2 Å². The molecule has 1 aromatic carbocycles. The van der Waals surface area contributed by atoms with Crippen molar-refractivity contribution in [2.45, 2.75) is 18.9 Å². The highest BCUT2D eigenvalue weighted by Gasteiger charge is 2.30. The first-order valence-electron chi connectivity index (χ1n) is 5.49. The van der Waals surface area contributed by atoms with Gasteiger partial charge in [0.25, 0.3) is 0 Å². The first kappa shape index (κ1) is 11.8. The highest BCUT2D eigenvalue weighted by Crippen LogP contribution is 2.37. The molecule has 1 saturated heterocycles. The summed E-state index contributed by atoms with van der Waals surface area (Å²) in [5, 5.41) is 0.422. The maximum absolute atomic E-state index is 13.7. The summed E-state index contributed by atoms with van der Waals surface area (Å²) in [5.74, 6) is -0.152. The third-order valence-corrected chi connectivity index (χ3v) is 3.36. The average molecular weight is 244 g/mol. The van der Waals surface area contributed by atoms with Gasteiger partial charge in [0, 0.05) is 23.1 Å². The van der Waals surface area contributed by atoms with Crippen molar-refractivity contribution in [3.63, 3.8) is 0 Å². The molecule has 0 aliphatic carbocycles. The first-order chi connectivity index (χ1) is 7.74. The van der Waals surface area contributed by atoms with Crippen molar-refractivity contribution in [3.05, 3.63) is 34.6 Å². The maximum Gasteiger partial charge on any atom is 0.130 e. The summed E-state index contributed by atoms with van der Waals surface area (Å²) in [7, 11) is 0. The number of halogens is 2. The number of benzene rings is 1. The van der Waals surface area contributed by atoms with E-state index >= 15 is 0 Å². The molecule has 0 saturated carbocycles. The second-order valence-corrected chi connectivity index (χ2v) is 4.47. The Morgan fingerprint density at radius 3 is 3.00 bits per heavy atom. The van der Waals surface area contributed by atoms with E-state index in [9.17, 15) is 4.39 Å². The quantitative estimate of drug-likeness (QED) is 0.867.